The van der Waals surface area contributed by atoms with E-state index in [1.54, 1.807) is 0 Å². The number of nitrogen functional groups attached to an aromatic ring is 1. The summed E-state index contributed by atoms with van der Waals surface area (Å²) in [5, 5.41) is 0. The maximum absolute atomic E-state index is 12.7. The topological polar surface area (TPSA) is 101 Å². The molecule has 0 saturated heterocycles. The van der Waals surface area contributed by atoms with Crippen molar-refractivity contribution < 1.29 is 4.79 Å². The predicted molar refractivity (Wildman–Crippen MR) is 122 cm³/mol. The highest BCUT2D eigenvalue weighted by Crippen LogP contribution is 2.19. The molecule has 0 aliphatic carbocycles. The molecule has 30 heavy (non-hydrogen) atoms. The van der Waals surface area contributed by atoms with Gasteiger partial charge in [-0.25, -0.2) is 4.79 Å². The van der Waals surface area contributed by atoms with E-state index in [-0.39, 0.29) is 29.7 Å². The number of nitrogens with zero attached hydrogens (tertiary/aromatic N) is 2. The number of anilines is 2. The summed E-state index contributed by atoms with van der Waals surface area (Å²) in [6.07, 6.45) is 0. The van der Waals surface area contributed by atoms with Crippen molar-refractivity contribution in [1.82, 2.24) is 9.55 Å². The molecule has 0 radical (unpaired) electrons. The summed E-state index contributed by atoms with van der Waals surface area (Å²) in [4.78, 5) is 40.8. The van der Waals surface area contributed by atoms with Gasteiger partial charge in [0.25, 0.3) is 5.56 Å². The number of aromatic amines is 1. The molecule has 3 N–H and O–H groups in total. The van der Waals surface area contributed by atoms with E-state index < -0.39 is 11.2 Å². The number of rotatable bonds is 7. The van der Waals surface area contributed by atoms with E-state index in [2.05, 4.69) is 11.1 Å². The molecule has 0 saturated carbocycles. The van der Waals surface area contributed by atoms with Gasteiger partial charge in [0.05, 0.1) is 12.3 Å². The first-order chi connectivity index (χ1) is 14.4. The number of carbonyl (C=O) groups is 1. The molecule has 1 amide bonds. The Morgan fingerprint density at radius 1 is 1.10 bits per heavy atom. The molecule has 8 heteroatoms. The molecule has 0 aliphatic rings. The quantitative estimate of drug-likeness (QED) is 0.606. The van der Waals surface area contributed by atoms with Crippen LogP contribution in [-0.4, -0.2) is 28.3 Å². The van der Waals surface area contributed by atoms with Gasteiger partial charge < -0.3 is 10.6 Å². The molecule has 3 aromatic rings. The van der Waals surface area contributed by atoms with Crippen molar-refractivity contribution in [2.45, 2.75) is 19.2 Å². The van der Waals surface area contributed by atoms with Crippen molar-refractivity contribution in [1.29, 1.82) is 0 Å². The molecule has 1 aromatic heterocycles. The molecule has 0 aliphatic heterocycles. The summed E-state index contributed by atoms with van der Waals surface area (Å²) in [5.74, 6) is 0.559. The molecule has 0 bridgehead atoms. The van der Waals surface area contributed by atoms with Crippen molar-refractivity contribution in [3.63, 3.8) is 0 Å². The van der Waals surface area contributed by atoms with Gasteiger partial charge in [0.1, 0.15) is 5.82 Å². The lowest BCUT2D eigenvalue weighted by atomic mass is 10.2. The predicted octanol–water partition coefficient (Wildman–Crippen LogP) is 2.37. The Morgan fingerprint density at radius 2 is 1.80 bits per heavy atom. The third-order valence-corrected chi connectivity index (χ3v) is 5.67. The highest BCUT2D eigenvalue weighted by atomic mass is 32.2. The molecule has 0 atom stereocenters. The minimum Gasteiger partial charge on any atom is -0.383 e. The summed E-state index contributed by atoms with van der Waals surface area (Å²) in [5.41, 5.74) is 7.98. The Bertz CT molecular complexity index is 1160. The second-order valence-electron chi connectivity index (χ2n) is 7.00. The van der Waals surface area contributed by atoms with Crippen LogP contribution in [0.15, 0.2) is 64.2 Å². The van der Waals surface area contributed by atoms with E-state index in [1.807, 2.05) is 55.5 Å². The van der Waals surface area contributed by atoms with Crippen molar-refractivity contribution in [3.05, 3.63) is 92.1 Å². The summed E-state index contributed by atoms with van der Waals surface area (Å²) in [7, 11) is 1.49. The second-order valence-corrected chi connectivity index (χ2v) is 7.99. The first-order valence-electron chi connectivity index (χ1n) is 9.43. The summed E-state index contributed by atoms with van der Waals surface area (Å²) in [6.45, 7) is 2.21. The Labute approximate surface area is 178 Å². The number of nitrogens with two attached hydrogens (primary N) is 1. The van der Waals surface area contributed by atoms with Crippen LogP contribution in [0.25, 0.3) is 0 Å². The Balaban J connectivity index is 1.76. The monoisotopic (exact) mass is 424 g/mol. The van der Waals surface area contributed by atoms with E-state index in [0.29, 0.717) is 5.75 Å². The number of benzene rings is 2. The number of H-pyrrole nitrogens is 1. The highest BCUT2D eigenvalue weighted by molar-refractivity contribution is 7.99. The number of thioether (sulfide) groups is 1. The average molecular weight is 425 g/mol. The van der Waals surface area contributed by atoms with Crippen LogP contribution in [0, 0.1) is 6.92 Å². The van der Waals surface area contributed by atoms with Crippen molar-refractivity contribution in [3.8, 4) is 0 Å². The Kier molecular flexibility index (Phi) is 6.79. The number of hydrogen-bond acceptors (Lipinski definition) is 5. The molecule has 0 spiro atoms. The third-order valence-electron chi connectivity index (χ3n) is 4.68. The van der Waals surface area contributed by atoms with Crippen molar-refractivity contribution >= 4 is 29.2 Å². The minimum atomic E-state index is -0.679. The number of amides is 1. The first kappa shape index (κ1) is 21.4. The maximum Gasteiger partial charge on any atom is 0.330 e. The normalized spacial score (nSPS) is 10.7. The first-order valence-corrected chi connectivity index (χ1v) is 10.6. The smallest absolute Gasteiger partial charge is 0.330 e. The standard InChI is InChI=1S/C22H24N4O3S/c1-15-7-6-10-17(11-15)13-30-14-18(27)25(2)19-20(23)26(22(29)24-21(19)28)12-16-8-4-3-5-9-16/h3-11H,12-14,23H2,1-2H3,(H,24,28,29). The van der Waals surface area contributed by atoms with Crippen LogP contribution in [-0.2, 0) is 17.1 Å². The number of aryl methyl sites for hydroxylation is 1. The molecule has 3 rings (SSSR count). The van der Waals surface area contributed by atoms with Crippen LogP contribution in [0.4, 0.5) is 11.5 Å². The number of hydrogen-bond donors (Lipinski definition) is 2. The van der Waals surface area contributed by atoms with E-state index in [1.165, 1.54) is 28.3 Å². The van der Waals surface area contributed by atoms with Gasteiger partial charge in [-0.2, -0.15) is 0 Å². The van der Waals surface area contributed by atoms with E-state index in [9.17, 15) is 14.4 Å². The molecular formula is C22H24N4O3S. The number of aromatic nitrogens is 2. The largest absolute Gasteiger partial charge is 0.383 e. The van der Waals surface area contributed by atoms with Crippen LogP contribution in [0.3, 0.4) is 0 Å². The molecule has 156 valence electrons. The van der Waals surface area contributed by atoms with Crippen LogP contribution in [0.1, 0.15) is 16.7 Å². The van der Waals surface area contributed by atoms with Gasteiger partial charge in [0.15, 0.2) is 5.69 Å². The minimum absolute atomic E-state index is 0.0216. The molecule has 0 unspecified atom stereocenters. The van der Waals surface area contributed by atoms with E-state index in [0.717, 1.165) is 16.7 Å². The lowest BCUT2D eigenvalue weighted by Crippen LogP contribution is -2.40. The zero-order chi connectivity index (χ0) is 21.7. The fraction of sp³-hybridized carbons (Fsp3) is 0.227. The zero-order valence-electron chi connectivity index (χ0n) is 16.9. The molecular weight excluding hydrogens is 400 g/mol. The van der Waals surface area contributed by atoms with Gasteiger partial charge in [-0.1, -0.05) is 60.2 Å². The van der Waals surface area contributed by atoms with Crippen LogP contribution in [0.2, 0.25) is 0 Å². The van der Waals surface area contributed by atoms with Crippen molar-refractivity contribution in [2.75, 3.05) is 23.4 Å². The van der Waals surface area contributed by atoms with Gasteiger partial charge >= 0.3 is 5.69 Å². The average Bonchev–Trinajstić information content (AvgIpc) is 2.71. The fourth-order valence-electron chi connectivity index (χ4n) is 3.10. The van der Waals surface area contributed by atoms with E-state index in [4.69, 9.17) is 5.73 Å². The summed E-state index contributed by atoms with van der Waals surface area (Å²) >= 11 is 1.46. The van der Waals surface area contributed by atoms with Gasteiger partial charge in [-0.05, 0) is 18.1 Å². The zero-order valence-corrected chi connectivity index (χ0v) is 17.7. The van der Waals surface area contributed by atoms with Gasteiger partial charge in [0, 0.05) is 12.8 Å². The number of carbonyl (C=O) groups excluding carboxylic acids is 1. The number of nitrogens with one attached hydrogen (secondary N) is 1. The van der Waals surface area contributed by atoms with Crippen LogP contribution < -0.4 is 21.9 Å². The van der Waals surface area contributed by atoms with E-state index >= 15 is 0 Å². The Hall–Kier alpha value is -3.26. The lowest BCUT2D eigenvalue weighted by Gasteiger charge is -2.20. The molecule has 0 fully saturated rings. The maximum atomic E-state index is 12.7. The van der Waals surface area contributed by atoms with Gasteiger partial charge in [-0.3, -0.25) is 19.1 Å². The lowest BCUT2D eigenvalue weighted by molar-refractivity contribution is -0.115. The molecule has 1 heterocycles. The third kappa shape index (κ3) is 5.01. The van der Waals surface area contributed by atoms with Gasteiger partial charge in [-0.15, -0.1) is 11.8 Å². The van der Waals surface area contributed by atoms with Gasteiger partial charge in [0.2, 0.25) is 5.91 Å². The molecule has 7 nitrogen and oxygen atoms in total. The summed E-state index contributed by atoms with van der Waals surface area (Å²) in [6, 6.07) is 17.4. The fourth-order valence-corrected chi connectivity index (χ4v) is 3.99. The SMILES string of the molecule is Cc1cccc(CSCC(=O)N(C)c2c(N)n(Cc3ccccc3)c(=O)[nH]c2=O)c1. The highest BCUT2D eigenvalue weighted by Gasteiger charge is 2.21. The Morgan fingerprint density at radius 3 is 2.50 bits per heavy atom. The second kappa shape index (κ2) is 9.49. The van der Waals surface area contributed by atoms with Crippen LogP contribution in [0.5, 0.6) is 0 Å². The summed E-state index contributed by atoms with van der Waals surface area (Å²) < 4.78 is 1.26. The van der Waals surface area contributed by atoms with Crippen LogP contribution >= 0.6 is 11.8 Å². The van der Waals surface area contributed by atoms with Crippen molar-refractivity contribution in [2.24, 2.45) is 0 Å². The molecule has 2 aromatic carbocycles.